The van der Waals surface area contributed by atoms with Gasteiger partial charge < -0.3 is 4.42 Å². The fourth-order valence-electron chi connectivity index (χ4n) is 1.80. The first-order valence-electron chi connectivity index (χ1n) is 5.46. The number of para-hydroxylation sites is 1. The Bertz CT molecular complexity index is 502. The highest BCUT2D eigenvalue weighted by molar-refractivity contribution is 7.80. The summed E-state index contributed by atoms with van der Waals surface area (Å²) in [7, 11) is 0. The predicted molar refractivity (Wildman–Crippen MR) is 72.2 cm³/mol. The number of benzene rings is 1. The fourth-order valence-corrected chi connectivity index (χ4v) is 1.96. The van der Waals surface area contributed by atoms with Crippen LogP contribution in [-0.4, -0.2) is 12.0 Å². The van der Waals surface area contributed by atoms with Crippen LogP contribution in [0.3, 0.4) is 0 Å². The van der Waals surface area contributed by atoms with E-state index in [0.717, 1.165) is 30.1 Å². The quantitative estimate of drug-likeness (QED) is 0.626. The van der Waals surface area contributed by atoms with Crippen LogP contribution in [0.2, 0.25) is 0 Å². The lowest BCUT2D eigenvalue weighted by molar-refractivity contribution is 0.620. The van der Waals surface area contributed by atoms with Crippen molar-refractivity contribution in [2.45, 2.75) is 19.8 Å². The Morgan fingerprint density at radius 2 is 2.19 bits per heavy atom. The highest BCUT2D eigenvalue weighted by Gasteiger charge is 2.11. The maximum atomic E-state index is 5.71. The molecule has 0 saturated carbocycles. The number of aryl methyl sites for hydroxylation is 1. The predicted octanol–water partition coefficient (Wildman–Crippen LogP) is 4.02. The van der Waals surface area contributed by atoms with Gasteiger partial charge in [-0.05, 0) is 31.6 Å². The molecule has 84 valence electrons. The van der Waals surface area contributed by atoms with Crippen molar-refractivity contribution < 1.29 is 4.42 Å². The van der Waals surface area contributed by atoms with E-state index < -0.39 is 0 Å². The summed E-state index contributed by atoms with van der Waals surface area (Å²) in [5, 5.41) is 1.17. The van der Waals surface area contributed by atoms with Crippen LogP contribution in [0.5, 0.6) is 0 Å². The molecule has 0 bridgehead atoms. The van der Waals surface area contributed by atoms with Gasteiger partial charge >= 0.3 is 0 Å². The molecule has 3 heteroatoms. The summed E-state index contributed by atoms with van der Waals surface area (Å²) in [5.74, 6) is 1.62. The van der Waals surface area contributed by atoms with Crippen molar-refractivity contribution in [3.63, 3.8) is 0 Å². The van der Waals surface area contributed by atoms with Gasteiger partial charge in [0.15, 0.2) is 0 Å². The molecule has 0 aliphatic rings. The largest absolute Gasteiger partial charge is 0.438 e. The zero-order valence-corrected chi connectivity index (χ0v) is 10.2. The lowest BCUT2D eigenvalue weighted by Crippen LogP contribution is -1.85. The molecule has 0 atom stereocenters. The van der Waals surface area contributed by atoms with Crippen molar-refractivity contribution in [2.24, 2.45) is 4.99 Å². The van der Waals surface area contributed by atoms with E-state index in [0.29, 0.717) is 0 Å². The Kier molecular flexibility index (Phi) is 3.67. The summed E-state index contributed by atoms with van der Waals surface area (Å²) < 4.78 is 5.71. The van der Waals surface area contributed by atoms with Gasteiger partial charge in [0.05, 0.1) is 0 Å². The van der Waals surface area contributed by atoms with Gasteiger partial charge in [-0.25, -0.2) is 4.99 Å². The van der Waals surface area contributed by atoms with Gasteiger partial charge in [0.1, 0.15) is 5.58 Å². The third-order valence-electron chi connectivity index (χ3n) is 2.51. The Morgan fingerprint density at radius 3 is 2.94 bits per heavy atom. The zero-order chi connectivity index (χ0) is 11.4. The maximum absolute atomic E-state index is 5.71. The molecule has 0 aliphatic heterocycles. The van der Waals surface area contributed by atoms with Crippen LogP contribution in [0.25, 0.3) is 11.0 Å². The third kappa shape index (κ3) is 2.14. The molecule has 2 rings (SSSR count). The highest BCUT2D eigenvalue weighted by atomic mass is 32.1. The molecule has 0 fully saturated rings. The molecule has 0 N–H and O–H groups in total. The molecule has 0 radical (unpaired) electrons. The molecule has 1 aromatic carbocycles. The summed E-state index contributed by atoms with van der Waals surface area (Å²) in [5.41, 5.74) is 2.11. The molecule has 2 nitrogen and oxygen atoms in total. The maximum Gasteiger partial charge on any atom is 0.222 e. The Labute approximate surface area is 101 Å². The van der Waals surface area contributed by atoms with Crippen LogP contribution in [0.1, 0.15) is 18.9 Å². The van der Waals surface area contributed by atoms with E-state index in [2.05, 4.69) is 23.7 Å². The van der Waals surface area contributed by atoms with E-state index in [1.54, 1.807) is 6.21 Å². The Morgan fingerprint density at radius 1 is 1.38 bits per heavy atom. The first kappa shape index (κ1) is 11.3. The average Bonchev–Trinajstić information content (AvgIpc) is 2.65. The van der Waals surface area contributed by atoms with E-state index in [1.807, 2.05) is 25.1 Å². The monoisotopic (exact) mass is 233 g/mol. The minimum absolute atomic E-state index is 0.741. The van der Waals surface area contributed by atoms with Crippen LogP contribution in [-0.2, 0) is 6.42 Å². The van der Waals surface area contributed by atoms with Crippen molar-refractivity contribution in [1.29, 1.82) is 0 Å². The van der Waals surface area contributed by atoms with Gasteiger partial charge in [0.25, 0.3) is 0 Å². The van der Waals surface area contributed by atoms with Crippen molar-refractivity contribution in [3.8, 4) is 0 Å². The number of thiol groups is 1. The second kappa shape index (κ2) is 5.21. The SMILES string of the molecule is CC=Nc1oc2ccccc2c1CCCS. The van der Waals surface area contributed by atoms with Gasteiger partial charge in [-0.2, -0.15) is 12.6 Å². The molecule has 2 aromatic rings. The smallest absolute Gasteiger partial charge is 0.222 e. The normalized spacial score (nSPS) is 11.6. The van der Waals surface area contributed by atoms with Crippen LogP contribution in [0.4, 0.5) is 5.88 Å². The van der Waals surface area contributed by atoms with E-state index >= 15 is 0 Å². The average molecular weight is 233 g/mol. The molecule has 1 aromatic heterocycles. The summed E-state index contributed by atoms with van der Waals surface area (Å²) in [6.07, 6.45) is 3.77. The van der Waals surface area contributed by atoms with E-state index in [-0.39, 0.29) is 0 Å². The molecular weight excluding hydrogens is 218 g/mol. The van der Waals surface area contributed by atoms with Gasteiger partial charge in [0.2, 0.25) is 5.88 Å². The Balaban J connectivity index is 2.50. The minimum Gasteiger partial charge on any atom is -0.438 e. The van der Waals surface area contributed by atoms with Crippen LogP contribution >= 0.6 is 12.6 Å². The summed E-state index contributed by atoms with van der Waals surface area (Å²) in [6.45, 7) is 1.90. The Hall–Kier alpha value is -1.22. The molecular formula is C13H15NOS. The number of hydrogen-bond donors (Lipinski definition) is 1. The standard InChI is InChI=1S/C13H15NOS/c1-2-14-13-11(7-5-9-16)10-6-3-4-8-12(10)15-13/h2-4,6,8,16H,5,7,9H2,1H3. The van der Waals surface area contributed by atoms with E-state index in [9.17, 15) is 0 Å². The third-order valence-corrected chi connectivity index (χ3v) is 2.82. The van der Waals surface area contributed by atoms with Gasteiger partial charge in [0, 0.05) is 17.2 Å². The zero-order valence-electron chi connectivity index (χ0n) is 9.31. The van der Waals surface area contributed by atoms with Crippen molar-refractivity contribution in [3.05, 3.63) is 29.8 Å². The molecule has 0 saturated heterocycles. The van der Waals surface area contributed by atoms with Crippen molar-refractivity contribution >= 4 is 35.7 Å². The van der Waals surface area contributed by atoms with Crippen LogP contribution in [0.15, 0.2) is 33.7 Å². The van der Waals surface area contributed by atoms with E-state index in [1.165, 1.54) is 10.9 Å². The van der Waals surface area contributed by atoms with Crippen LogP contribution in [0, 0.1) is 0 Å². The van der Waals surface area contributed by atoms with Crippen molar-refractivity contribution in [2.75, 3.05) is 5.75 Å². The highest BCUT2D eigenvalue weighted by Crippen LogP contribution is 2.32. The summed E-state index contributed by atoms with van der Waals surface area (Å²) in [6, 6.07) is 8.07. The fraction of sp³-hybridized carbons (Fsp3) is 0.308. The van der Waals surface area contributed by atoms with Crippen molar-refractivity contribution in [1.82, 2.24) is 0 Å². The molecule has 0 aliphatic carbocycles. The second-order valence-corrected chi connectivity index (χ2v) is 4.04. The number of fused-ring (bicyclic) bond motifs is 1. The topological polar surface area (TPSA) is 25.5 Å². The number of aliphatic imine (C=N–C) groups is 1. The van der Waals surface area contributed by atoms with Gasteiger partial charge in [-0.1, -0.05) is 18.2 Å². The first-order chi connectivity index (χ1) is 7.86. The lowest BCUT2D eigenvalue weighted by atomic mass is 10.1. The molecule has 1 heterocycles. The number of rotatable bonds is 4. The van der Waals surface area contributed by atoms with Gasteiger partial charge in [-0.3, -0.25) is 0 Å². The second-order valence-electron chi connectivity index (χ2n) is 3.60. The molecule has 0 unspecified atom stereocenters. The lowest BCUT2D eigenvalue weighted by Gasteiger charge is -1.97. The molecule has 16 heavy (non-hydrogen) atoms. The summed E-state index contributed by atoms with van der Waals surface area (Å²) in [4.78, 5) is 4.28. The van der Waals surface area contributed by atoms with E-state index in [4.69, 9.17) is 4.42 Å². The first-order valence-corrected chi connectivity index (χ1v) is 6.10. The van der Waals surface area contributed by atoms with Gasteiger partial charge in [-0.15, -0.1) is 0 Å². The number of hydrogen-bond acceptors (Lipinski definition) is 3. The molecule has 0 spiro atoms. The number of furan rings is 1. The number of nitrogens with zero attached hydrogens (tertiary/aromatic N) is 1. The summed E-state index contributed by atoms with van der Waals surface area (Å²) >= 11 is 4.24. The minimum atomic E-state index is 0.741. The molecule has 0 amide bonds. The van der Waals surface area contributed by atoms with Crippen LogP contribution < -0.4 is 0 Å².